The van der Waals surface area contributed by atoms with Gasteiger partial charge in [-0.15, -0.1) is 0 Å². The molecule has 1 unspecified atom stereocenters. The van der Waals surface area contributed by atoms with E-state index in [9.17, 15) is 4.79 Å². The third-order valence-corrected chi connectivity index (χ3v) is 4.60. The van der Waals surface area contributed by atoms with Gasteiger partial charge in [-0.05, 0) is 39.2 Å². The van der Waals surface area contributed by atoms with Gasteiger partial charge in [-0.1, -0.05) is 41.5 Å². The Morgan fingerprint density at radius 2 is 2.20 bits per heavy atom. The van der Waals surface area contributed by atoms with Crippen LogP contribution in [0.15, 0.2) is 35.9 Å². The zero-order valence-corrected chi connectivity index (χ0v) is 15.2. The van der Waals surface area contributed by atoms with Crippen LogP contribution in [0.4, 0.5) is 0 Å². The van der Waals surface area contributed by atoms with Crippen LogP contribution in [0.25, 0.3) is 0 Å². The molecule has 1 N–H and O–H groups in total. The minimum absolute atomic E-state index is 0.0270. The lowest BCUT2D eigenvalue weighted by atomic mass is 9.98. The molecule has 1 aromatic carbocycles. The van der Waals surface area contributed by atoms with Crippen molar-refractivity contribution in [2.24, 2.45) is 0 Å². The number of carboxylic acids is 1. The first-order valence-electron chi connectivity index (χ1n) is 8.84. The van der Waals surface area contributed by atoms with Crippen molar-refractivity contribution in [2.45, 2.75) is 64.8 Å². The molecule has 2 aliphatic rings. The summed E-state index contributed by atoms with van der Waals surface area (Å²) >= 11 is 0. The third kappa shape index (κ3) is 4.51. The van der Waals surface area contributed by atoms with Gasteiger partial charge >= 0.3 is 5.97 Å². The number of allylic oxidation sites excluding steroid dienone is 2. The summed E-state index contributed by atoms with van der Waals surface area (Å²) < 4.78 is 12.2. The summed E-state index contributed by atoms with van der Waals surface area (Å²) in [6.07, 6.45) is 8.57. The van der Waals surface area contributed by atoms with Crippen LogP contribution >= 0.6 is 0 Å². The van der Waals surface area contributed by atoms with Crippen LogP contribution in [0.1, 0.15) is 49.8 Å². The lowest BCUT2D eigenvalue weighted by Crippen LogP contribution is -2.25. The van der Waals surface area contributed by atoms with E-state index in [1.54, 1.807) is 0 Å². The second kappa shape index (κ2) is 7.04. The summed E-state index contributed by atoms with van der Waals surface area (Å²) in [5.41, 5.74) is 4.52. The Morgan fingerprint density at radius 1 is 1.40 bits per heavy atom. The van der Waals surface area contributed by atoms with Gasteiger partial charge in [0.1, 0.15) is 11.4 Å². The van der Waals surface area contributed by atoms with Crippen LogP contribution in [0.2, 0.25) is 0 Å². The molecule has 0 radical (unpaired) electrons. The normalized spacial score (nSPS) is 20.8. The van der Waals surface area contributed by atoms with Crippen molar-refractivity contribution in [2.75, 3.05) is 0 Å². The molecule has 4 heteroatoms. The third-order valence-electron chi connectivity index (χ3n) is 4.60. The SMILES string of the molecule is Cc1cc(COC2C=CC(CCC(=O)O)=CC2)c2c(c1)CC(C)(C)O2. The topological polar surface area (TPSA) is 55.8 Å². The number of carboxylic acid groups (broad SMARTS) is 1. The average molecular weight is 342 g/mol. The van der Waals surface area contributed by atoms with E-state index in [0.717, 1.165) is 29.7 Å². The first-order chi connectivity index (χ1) is 11.8. The highest BCUT2D eigenvalue weighted by Crippen LogP contribution is 2.39. The van der Waals surface area contributed by atoms with Crippen LogP contribution in [-0.4, -0.2) is 22.8 Å². The van der Waals surface area contributed by atoms with Crippen molar-refractivity contribution in [1.82, 2.24) is 0 Å². The molecule has 1 aliphatic heterocycles. The fourth-order valence-electron chi connectivity index (χ4n) is 3.47. The second-order valence-corrected chi connectivity index (χ2v) is 7.57. The van der Waals surface area contributed by atoms with Gasteiger partial charge in [-0.2, -0.15) is 0 Å². The predicted octanol–water partition coefficient (Wildman–Crippen LogP) is 4.34. The Bertz CT molecular complexity index is 728. The summed E-state index contributed by atoms with van der Waals surface area (Å²) in [7, 11) is 0. The fraction of sp³-hybridized carbons (Fsp3) is 0.476. The van der Waals surface area contributed by atoms with Gasteiger partial charge < -0.3 is 14.6 Å². The second-order valence-electron chi connectivity index (χ2n) is 7.57. The van der Waals surface area contributed by atoms with Gasteiger partial charge in [-0.25, -0.2) is 0 Å². The van der Waals surface area contributed by atoms with E-state index in [0.29, 0.717) is 13.0 Å². The Balaban J connectivity index is 1.59. The molecule has 1 aliphatic carbocycles. The number of carbonyl (C=O) groups is 1. The van der Waals surface area contributed by atoms with Crippen molar-refractivity contribution >= 4 is 5.97 Å². The van der Waals surface area contributed by atoms with E-state index in [-0.39, 0.29) is 18.1 Å². The van der Waals surface area contributed by atoms with Crippen molar-refractivity contribution in [3.05, 3.63) is 52.6 Å². The highest BCUT2D eigenvalue weighted by Gasteiger charge is 2.32. The molecule has 0 saturated carbocycles. The number of benzene rings is 1. The number of ether oxygens (including phenoxy) is 2. The number of hydrogen-bond acceptors (Lipinski definition) is 3. The van der Waals surface area contributed by atoms with E-state index in [1.807, 2.05) is 12.2 Å². The van der Waals surface area contributed by atoms with Gasteiger partial charge in [-0.3, -0.25) is 4.79 Å². The number of hydrogen-bond donors (Lipinski definition) is 1. The van der Waals surface area contributed by atoms with Crippen LogP contribution in [0.5, 0.6) is 5.75 Å². The lowest BCUT2D eigenvalue weighted by Gasteiger charge is -2.20. The van der Waals surface area contributed by atoms with E-state index in [4.69, 9.17) is 14.6 Å². The average Bonchev–Trinajstić information content (AvgIpc) is 2.85. The van der Waals surface area contributed by atoms with Crippen LogP contribution in [-0.2, 0) is 22.6 Å². The molecule has 0 bridgehead atoms. The van der Waals surface area contributed by atoms with E-state index >= 15 is 0 Å². The number of fused-ring (bicyclic) bond motifs is 1. The molecule has 3 rings (SSSR count). The van der Waals surface area contributed by atoms with E-state index in [1.165, 1.54) is 11.1 Å². The fourth-order valence-corrected chi connectivity index (χ4v) is 3.47. The Labute approximate surface area is 149 Å². The highest BCUT2D eigenvalue weighted by atomic mass is 16.5. The number of aryl methyl sites for hydroxylation is 1. The highest BCUT2D eigenvalue weighted by molar-refractivity contribution is 5.67. The molecule has 25 heavy (non-hydrogen) atoms. The summed E-state index contributed by atoms with van der Waals surface area (Å²) in [5.74, 6) is 0.219. The molecule has 0 spiro atoms. The monoisotopic (exact) mass is 342 g/mol. The zero-order chi connectivity index (χ0) is 18.0. The molecule has 1 atom stereocenters. The standard InChI is InChI=1S/C21H26O4/c1-14-10-16-12-21(2,3)25-20(16)17(11-14)13-24-18-7-4-15(5-8-18)6-9-19(22)23/h4-5,7,10-11,18H,6,8-9,12-13H2,1-3H3,(H,22,23). The minimum Gasteiger partial charge on any atom is -0.487 e. The van der Waals surface area contributed by atoms with Gasteiger partial charge in [0, 0.05) is 18.4 Å². The predicted molar refractivity (Wildman–Crippen MR) is 96.9 cm³/mol. The van der Waals surface area contributed by atoms with Crippen LogP contribution in [0, 0.1) is 6.92 Å². The Hall–Kier alpha value is -2.07. The maximum absolute atomic E-state index is 10.6. The first-order valence-corrected chi connectivity index (χ1v) is 8.84. The molecule has 1 heterocycles. The van der Waals surface area contributed by atoms with Gasteiger partial charge in [0.2, 0.25) is 0 Å². The minimum atomic E-state index is -0.760. The van der Waals surface area contributed by atoms with Gasteiger partial charge in [0.05, 0.1) is 12.7 Å². The summed E-state index contributed by atoms with van der Waals surface area (Å²) in [6, 6.07) is 4.34. The van der Waals surface area contributed by atoms with Crippen LogP contribution in [0.3, 0.4) is 0 Å². The Morgan fingerprint density at radius 3 is 2.88 bits per heavy atom. The van der Waals surface area contributed by atoms with Crippen molar-refractivity contribution in [3.8, 4) is 5.75 Å². The van der Waals surface area contributed by atoms with Gasteiger partial charge in [0.25, 0.3) is 0 Å². The first kappa shape index (κ1) is 17.7. The number of rotatable bonds is 6. The van der Waals surface area contributed by atoms with Crippen molar-refractivity contribution in [1.29, 1.82) is 0 Å². The maximum atomic E-state index is 10.6. The molecule has 0 amide bonds. The molecule has 4 nitrogen and oxygen atoms in total. The summed E-state index contributed by atoms with van der Waals surface area (Å²) in [4.78, 5) is 10.6. The molecule has 0 fully saturated rings. The largest absolute Gasteiger partial charge is 0.487 e. The number of aliphatic carboxylic acids is 1. The van der Waals surface area contributed by atoms with Crippen LogP contribution < -0.4 is 4.74 Å². The molecule has 0 aromatic heterocycles. The zero-order valence-electron chi connectivity index (χ0n) is 15.2. The van der Waals surface area contributed by atoms with E-state index < -0.39 is 5.97 Å². The van der Waals surface area contributed by atoms with E-state index in [2.05, 4.69) is 39.0 Å². The summed E-state index contributed by atoms with van der Waals surface area (Å²) in [5, 5.41) is 8.75. The molecule has 0 saturated heterocycles. The molecule has 1 aromatic rings. The maximum Gasteiger partial charge on any atom is 0.303 e. The van der Waals surface area contributed by atoms with Gasteiger partial charge in [0.15, 0.2) is 0 Å². The molecule has 134 valence electrons. The quantitative estimate of drug-likeness (QED) is 0.835. The lowest BCUT2D eigenvalue weighted by molar-refractivity contribution is -0.136. The van der Waals surface area contributed by atoms with Crippen molar-refractivity contribution < 1.29 is 19.4 Å². The smallest absolute Gasteiger partial charge is 0.303 e. The Kier molecular flexibility index (Phi) is 5.00. The molecular weight excluding hydrogens is 316 g/mol. The summed E-state index contributed by atoms with van der Waals surface area (Å²) in [6.45, 7) is 6.85. The molecular formula is C21H26O4. The van der Waals surface area contributed by atoms with Crippen molar-refractivity contribution in [3.63, 3.8) is 0 Å².